The third kappa shape index (κ3) is 4.15. The summed E-state index contributed by atoms with van der Waals surface area (Å²) in [4.78, 5) is 24.2. The molecule has 0 aromatic rings. The van der Waals surface area contributed by atoms with Crippen molar-refractivity contribution >= 4 is 11.9 Å². The van der Waals surface area contributed by atoms with E-state index in [-0.39, 0.29) is 24.7 Å². The van der Waals surface area contributed by atoms with Gasteiger partial charge in [-0.2, -0.15) is 0 Å². The Balaban J connectivity index is 1.81. The van der Waals surface area contributed by atoms with Crippen molar-refractivity contribution < 1.29 is 19.1 Å². The van der Waals surface area contributed by atoms with Gasteiger partial charge in [-0.1, -0.05) is 6.42 Å². The zero-order valence-electron chi connectivity index (χ0n) is 11.0. The van der Waals surface area contributed by atoms with Crippen molar-refractivity contribution in [3.8, 4) is 0 Å². The molecule has 2 fully saturated rings. The van der Waals surface area contributed by atoms with Crippen LogP contribution < -0.4 is 11.1 Å². The number of nitrogens with two attached hydrogens (primary N) is 1. The molecule has 2 aliphatic rings. The summed E-state index contributed by atoms with van der Waals surface area (Å²) >= 11 is 0. The number of carbonyl (C=O) groups excluding carboxylic acids is 2. The van der Waals surface area contributed by atoms with Gasteiger partial charge in [0.25, 0.3) is 0 Å². The summed E-state index contributed by atoms with van der Waals surface area (Å²) in [6.45, 7) is 2.79. The van der Waals surface area contributed by atoms with Crippen molar-refractivity contribution in [2.75, 3.05) is 26.3 Å². The molecule has 0 aromatic heterocycles. The largest absolute Gasteiger partial charge is 0.351 e. The van der Waals surface area contributed by atoms with E-state index in [9.17, 15) is 9.59 Å². The van der Waals surface area contributed by atoms with Crippen LogP contribution in [0.1, 0.15) is 25.7 Å². The Kier molecular flexibility index (Phi) is 5.12. The molecule has 0 radical (unpaired) electrons. The van der Waals surface area contributed by atoms with Crippen LogP contribution in [0.25, 0.3) is 0 Å². The second-order valence-corrected chi connectivity index (χ2v) is 4.87. The highest BCUT2D eigenvalue weighted by Gasteiger charge is 2.33. The predicted molar refractivity (Wildman–Crippen MR) is 67.2 cm³/mol. The van der Waals surface area contributed by atoms with Crippen molar-refractivity contribution in [2.24, 2.45) is 5.73 Å². The number of amides is 3. The smallest absolute Gasteiger partial charge is 0.318 e. The summed E-state index contributed by atoms with van der Waals surface area (Å²) in [5.74, 6) is -0.343. The molecule has 19 heavy (non-hydrogen) atoms. The Morgan fingerprint density at radius 3 is 2.68 bits per heavy atom. The molecule has 0 saturated carbocycles. The van der Waals surface area contributed by atoms with Gasteiger partial charge in [-0.25, -0.2) is 4.79 Å². The molecule has 7 nitrogen and oxygen atoms in total. The van der Waals surface area contributed by atoms with Gasteiger partial charge in [-0.3, -0.25) is 15.0 Å². The molecule has 0 spiro atoms. The van der Waals surface area contributed by atoms with Crippen LogP contribution in [0.15, 0.2) is 0 Å². The number of primary amides is 1. The number of nitrogens with one attached hydrogen (secondary N) is 1. The molecule has 0 bridgehead atoms. The van der Waals surface area contributed by atoms with Crippen molar-refractivity contribution in [3.63, 3.8) is 0 Å². The van der Waals surface area contributed by atoms with Crippen molar-refractivity contribution in [3.05, 3.63) is 0 Å². The molecule has 7 heteroatoms. The zero-order valence-corrected chi connectivity index (χ0v) is 11.0. The molecule has 0 aliphatic carbocycles. The Morgan fingerprint density at radius 1 is 1.26 bits per heavy atom. The molecule has 2 rings (SSSR count). The summed E-state index contributed by atoms with van der Waals surface area (Å²) < 4.78 is 11.1. The Hall–Kier alpha value is -1.18. The number of carbonyl (C=O) groups is 2. The van der Waals surface area contributed by atoms with Gasteiger partial charge < -0.3 is 15.2 Å². The number of nitrogens with zero attached hydrogens (tertiary/aromatic N) is 1. The van der Waals surface area contributed by atoms with E-state index in [0.717, 1.165) is 25.8 Å². The lowest BCUT2D eigenvalue weighted by molar-refractivity contribution is -0.124. The molecule has 0 aromatic carbocycles. The highest BCUT2D eigenvalue weighted by molar-refractivity contribution is 5.93. The number of likely N-dealkylation sites (tertiary alicyclic amines) is 1. The summed E-state index contributed by atoms with van der Waals surface area (Å²) in [6.07, 6.45) is 3.35. The van der Waals surface area contributed by atoms with Crippen LogP contribution in [0.2, 0.25) is 0 Å². The van der Waals surface area contributed by atoms with Crippen LogP contribution in [0.5, 0.6) is 0 Å². The van der Waals surface area contributed by atoms with Crippen molar-refractivity contribution in [2.45, 2.75) is 38.0 Å². The van der Waals surface area contributed by atoms with Gasteiger partial charge in [0.1, 0.15) is 0 Å². The highest BCUT2D eigenvalue weighted by Crippen LogP contribution is 2.24. The standard InChI is InChI=1S/C12H21N3O4/c13-12(17)14-10(16)4-6-15-5-2-1-3-9(15)11-18-7-8-19-11/h9,11H,1-8H2,(H3,13,14,16,17). The Morgan fingerprint density at radius 2 is 2.00 bits per heavy atom. The zero-order chi connectivity index (χ0) is 13.7. The highest BCUT2D eigenvalue weighted by atomic mass is 16.7. The topological polar surface area (TPSA) is 93.9 Å². The number of piperidine rings is 1. The predicted octanol–water partition coefficient (Wildman–Crippen LogP) is -0.201. The van der Waals surface area contributed by atoms with Gasteiger partial charge in [-0.15, -0.1) is 0 Å². The first-order valence-corrected chi connectivity index (χ1v) is 6.73. The fourth-order valence-corrected chi connectivity index (χ4v) is 2.65. The number of hydrogen-bond donors (Lipinski definition) is 2. The SMILES string of the molecule is NC(=O)NC(=O)CCN1CCCCC1C1OCCO1. The van der Waals surface area contributed by atoms with E-state index >= 15 is 0 Å². The molecule has 2 heterocycles. The minimum Gasteiger partial charge on any atom is -0.351 e. The second-order valence-electron chi connectivity index (χ2n) is 4.87. The van der Waals surface area contributed by atoms with Gasteiger partial charge in [0, 0.05) is 13.0 Å². The minimum atomic E-state index is -0.803. The lowest BCUT2D eigenvalue weighted by Crippen LogP contribution is -2.48. The molecule has 2 saturated heterocycles. The lowest BCUT2D eigenvalue weighted by atomic mass is 10.0. The van der Waals surface area contributed by atoms with E-state index in [4.69, 9.17) is 15.2 Å². The first-order valence-electron chi connectivity index (χ1n) is 6.73. The Labute approximate surface area is 112 Å². The molecular weight excluding hydrogens is 250 g/mol. The maximum absolute atomic E-state index is 11.4. The van der Waals surface area contributed by atoms with Gasteiger partial charge in [-0.05, 0) is 19.4 Å². The van der Waals surface area contributed by atoms with Gasteiger partial charge in [0.2, 0.25) is 5.91 Å². The van der Waals surface area contributed by atoms with Crippen molar-refractivity contribution in [1.82, 2.24) is 10.2 Å². The fraction of sp³-hybridized carbons (Fsp3) is 0.833. The number of imide groups is 1. The van der Waals surface area contributed by atoms with E-state index in [1.165, 1.54) is 0 Å². The van der Waals surface area contributed by atoms with Gasteiger partial charge in [0.05, 0.1) is 19.3 Å². The Bertz CT molecular complexity index is 331. The molecule has 108 valence electrons. The number of hydrogen-bond acceptors (Lipinski definition) is 5. The summed E-state index contributed by atoms with van der Waals surface area (Å²) in [6, 6.07) is -0.597. The van der Waals surface area contributed by atoms with E-state index in [2.05, 4.69) is 10.2 Å². The maximum atomic E-state index is 11.4. The quantitative estimate of drug-likeness (QED) is 0.738. The van der Waals surface area contributed by atoms with E-state index < -0.39 is 6.03 Å². The summed E-state index contributed by atoms with van der Waals surface area (Å²) in [5, 5.41) is 2.08. The van der Waals surface area contributed by atoms with Crippen LogP contribution in [0.3, 0.4) is 0 Å². The lowest BCUT2D eigenvalue weighted by Gasteiger charge is -2.37. The molecule has 1 unspecified atom stereocenters. The maximum Gasteiger partial charge on any atom is 0.318 e. The number of ether oxygens (including phenoxy) is 2. The molecule has 1 atom stereocenters. The minimum absolute atomic E-state index is 0.181. The fourth-order valence-electron chi connectivity index (χ4n) is 2.65. The van der Waals surface area contributed by atoms with Crippen molar-refractivity contribution in [1.29, 1.82) is 0 Å². The normalized spacial score (nSPS) is 25.4. The van der Waals surface area contributed by atoms with Gasteiger partial charge in [0.15, 0.2) is 6.29 Å². The third-order valence-corrected chi connectivity index (χ3v) is 3.51. The van der Waals surface area contributed by atoms with Crippen LogP contribution in [0, 0.1) is 0 Å². The van der Waals surface area contributed by atoms with Crippen LogP contribution >= 0.6 is 0 Å². The number of urea groups is 1. The average molecular weight is 271 g/mol. The molecule has 3 N–H and O–H groups in total. The molecular formula is C12H21N3O4. The monoisotopic (exact) mass is 271 g/mol. The van der Waals surface area contributed by atoms with Crippen LogP contribution in [0.4, 0.5) is 4.79 Å². The van der Waals surface area contributed by atoms with E-state index in [1.807, 2.05) is 0 Å². The summed E-state index contributed by atoms with van der Waals surface area (Å²) in [5.41, 5.74) is 4.90. The van der Waals surface area contributed by atoms with E-state index in [0.29, 0.717) is 19.8 Å². The first kappa shape index (κ1) is 14.2. The van der Waals surface area contributed by atoms with Crippen LogP contribution in [-0.4, -0.2) is 55.5 Å². The molecule has 3 amide bonds. The summed E-state index contributed by atoms with van der Waals surface area (Å²) in [7, 11) is 0. The number of rotatable bonds is 4. The van der Waals surface area contributed by atoms with Gasteiger partial charge >= 0.3 is 6.03 Å². The first-order chi connectivity index (χ1) is 9.16. The third-order valence-electron chi connectivity index (χ3n) is 3.51. The average Bonchev–Trinajstić information content (AvgIpc) is 2.89. The van der Waals surface area contributed by atoms with E-state index in [1.54, 1.807) is 0 Å². The van der Waals surface area contributed by atoms with Crippen LogP contribution in [-0.2, 0) is 14.3 Å². The second kappa shape index (κ2) is 6.83. The molecule has 2 aliphatic heterocycles.